The Morgan fingerprint density at radius 1 is 1.29 bits per heavy atom. The maximum absolute atomic E-state index is 11.8. The number of carbonyl (C=O) groups is 1. The molecule has 2 bridgehead atoms. The van der Waals surface area contributed by atoms with Gasteiger partial charge in [0.25, 0.3) is 0 Å². The van der Waals surface area contributed by atoms with E-state index in [1.165, 1.54) is 0 Å². The lowest BCUT2D eigenvalue weighted by Gasteiger charge is -2.48. The van der Waals surface area contributed by atoms with Crippen LogP contribution in [0.5, 0.6) is 0 Å². The molecule has 17 heavy (non-hydrogen) atoms. The Bertz CT molecular complexity index is 288. The summed E-state index contributed by atoms with van der Waals surface area (Å²) in [6, 6.07) is 0.927. The van der Waals surface area contributed by atoms with Crippen molar-refractivity contribution >= 4 is 5.97 Å². The first-order valence-corrected chi connectivity index (χ1v) is 6.75. The van der Waals surface area contributed by atoms with E-state index in [0.29, 0.717) is 12.1 Å². The monoisotopic (exact) mass is 240 g/mol. The zero-order valence-electron chi connectivity index (χ0n) is 11.1. The second-order valence-corrected chi connectivity index (χ2v) is 5.47. The minimum absolute atomic E-state index is 0.463. The molecule has 0 radical (unpaired) electrons. The summed E-state index contributed by atoms with van der Waals surface area (Å²) in [5, 5.41) is 9.71. The molecular formula is C13H24N2O2. The van der Waals surface area contributed by atoms with E-state index in [4.69, 9.17) is 0 Å². The van der Waals surface area contributed by atoms with Crippen LogP contribution in [-0.4, -0.2) is 58.6 Å². The molecule has 2 unspecified atom stereocenters. The van der Waals surface area contributed by atoms with Gasteiger partial charge in [-0.05, 0) is 45.8 Å². The molecule has 0 saturated carbocycles. The predicted octanol–water partition coefficient (Wildman–Crippen LogP) is 1.41. The molecule has 0 aliphatic carbocycles. The summed E-state index contributed by atoms with van der Waals surface area (Å²) in [7, 11) is 2.15. The Balaban J connectivity index is 2.28. The third kappa shape index (κ3) is 1.87. The number of rotatable bonds is 4. The molecular weight excluding hydrogens is 216 g/mol. The lowest BCUT2D eigenvalue weighted by molar-refractivity contribution is -0.157. The molecule has 2 atom stereocenters. The van der Waals surface area contributed by atoms with Gasteiger partial charge in [0.2, 0.25) is 0 Å². The molecule has 2 aliphatic rings. The SMILES string of the molecule is CCN(CC)C1(C(=O)O)CC2CCC(C1)N2C. The number of carboxylic acids is 1. The van der Waals surface area contributed by atoms with Crippen LogP contribution in [0.25, 0.3) is 0 Å². The van der Waals surface area contributed by atoms with Crippen LogP contribution < -0.4 is 0 Å². The Hall–Kier alpha value is -0.610. The largest absolute Gasteiger partial charge is 0.480 e. The molecule has 2 aliphatic heterocycles. The number of fused-ring (bicyclic) bond motifs is 2. The summed E-state index contributed by atoms with van der Waals surface area (Å²) in [5.74, 6) is -0.619. The van der Waals surface area contributed by atoms with Gasteiger partial charge in [0.1, 0.15) is 5.54 Å². The van der Waals surface area contributed by atoms with E-state index < -0.39 is 11.5 Å². The molecule has 0 aromatic rings. The van der Waals surface area contributed by atoms with Crippen molar-refractivity contribution in [3.8, 4) is 0 Å². The molecule has 0 aromatic carbocycles. The highest BCUT2D eigenvalue weighted by molar-refractivity contribution is 5.79. The van der Waals surface area contributed by atoms with Gasteiger partial charge in [-0.25, -0.2) is 0 Å². The van der Waals surface area contributed by atoms with Gasteiger partial charge in [-0.1, -0.05) is 13.8 Å². The normalized spacial score (nSPS) is 37.6. The topological polar surface area (TPSA) is 43.8 Å². The Labute approximate surface area is 104 Å². The van der Waals surface area contributed by atoms with Gasteiger partial charge in [0.05, 0.1) is 0 Å². The Morgan fingerprint density at radius 2 is 1.76 bits per heavy atom. The highest BCUT2D eigenvalue weighted by atomic mass is 16.4. The summed E-state index contributed by atoms with van der Waals surface area (Å²) in [6.07, 6.45) is 3.91. The predicted molar refractivity (Wildman–Crippen MR) is 67.1 cm³/mol. The van der Waals surface area contributed by atoms with Gasteiger partial charge in [-0.2, -0.15) is 0 Å². The summed E-state index contributed by atoms with van der Waals surface area (Å²) in [6.45, 7) is 5.78. The van der Waals surface area contributed by atoms with E-state index in [1.807, 2.05) is 0 Å². The average Bonchev–Trinajstić information content (AvgIpc) is 2.54. The van der Waals surface area contributed by atoms with E-state index >= 15 is 0 Å². The quantitative estimate of drug-likeness (QED) is 0.807. The fourth-order valence-electron chi connectivity index (χ4n) is 3.84. The summed E-state index contributed by atoms with van der Waals surface area (Å²) >= 11 is 0. The van der Waals surface area contributed by atoms with Gasteiger partial charge in [0, 0.05) is 12.1 Å². The minimum Gasteiger partial charge on any atom is -0.480 e. The van der Waals surface area contributed by atoms with Crippen LogP contribution in [0, 0.1) is 0 Å². The molecule has 0 amide bonds. The zero-order chi connectivity index (χ0) is 12.6. The molecule has 98 valence electrons. The number of piperidine rings is 1. The van der Waals surface area contributed by atoms with Crippen LogP contribution in [-0.2, 0) is 4.79 Å². The van der Waals surface area contributed by atoms with Gasteiger partial charge in [0.15, 0.2) is 0 Å². The first-order chi connectivity index (χ1) is 8.05. The van der Waals surface area contributed by atoms with Crippen molar-refractivity contribution in [1.29, 1.82) is 0 Å². The average molecular weight is 240 g/mol. The van der Waals surface area contributed by atoms with Crippen molar-refractivity contribution in [2.24, 2.45) is 0 Å². The molecule has 0 spiro atoms. The Kier molecular flexibility index (Phi) is 3.46. The van der Waals surface area contributed by atoms with Crippen LogP contribution in [0.1, 0.15) is 39.5 Å². The number of hydrogen-bond acceptors (Lipinski definition) is 3. The van der Waals surface area contributed by atoms with E-state index in [-0.39, 0.29) is 0 Å². The second-order valence-electron chi connectivity index (χ2n) is 5.47. The summed E-state index contributed by atoms with van der Waals surface area (Å²) < 4.78 is 0. The number of likely N-dealkylation sites (N-methyl/N-ethyl adjacent to an activating group) is 1. The maximum Gasteiger partial charge on any atom is 0.324 e. The van der Waals surface area contributed by atoms with Crippen molar-refractivity contribution in [3.63, 3.8) is 0 Å². The maximum atomic E-state index is 11.8. The van der Waals surface area contributed by atoms with Crippen LogP contribution in [0.4, 0.5) is 0 Å². The standard InChI is InChI=1S/C13H24N2O2/c1-4-15(5-2)13(12(16)17)8-10-6-7-11(9-13)14(10)3/h10-11H,4-9H2,1-3H3,(H,16,17). The molecule has 0 aromatic heterocycles. The molecule has 2 heterocycles. The van der Waals surface area contributed by atoms with Gasteiger partial charge in [-0.15, -0.1) is 0 Å². The molecule has 2 fully saturated rings. The van der Waals surface area contributed by atoms with Gasteiger partial charge >= 0.3 is 5.97 Å². The van der Waals surface area contributed by atoms with Crippen LogP contribution in [0.2, 0.25) is 0 Å². The van der Waals surface area contributed by atoms with Crippen LogP contribution in [0.15, 0.2) is 0 Å². The minimum atomic E-state index is -0.619. The van der Waals surface area contributed by atoms with E-state index in [0.717, 1.165) is 38.8 Å². The molecule has 2 saturated heterocycles. The van der Waals surface area contributed by atoms with E-state index in [1.54, 1.807) is 0 Å². The second kappa shape index (κ2) is 4.58. The zero-order valence-corrected chi connectivity index (χ0v) is 11.1. The third-order valence-electron chi connectivity index (χ3n) is 4.90. The molecule has 4 nitrogen and oxygen atoms in total. The fourth-order valence-corrected chi connectivity index (χ4v) is 3.84. The fraction of sp³-hybridized carbons (Fsp3) is 0.923. The van der Waals surface area contributed by atoms with Crippen molar-refractivity contribution in [3.05, 3.63) is 0 Å². The van der Waals surface area contributed by atoms with Crippen molar-refractivity contribution < 1.29 is 9.90 Å². The Morgan fingerprint density at radius 3 is 2.12 bits per heavy atom. The highest BCUT2D eigenvalue weighted by Gasteiger charge is 2.53. The first-order valence-electron chi connectivity index (χ1n) is 6.75. The van der Waals surface area contributed by atoms with Gasteiger partial charge in [-0.3, -0.25) is 9.69 Å². The third-order valence-corrected chi connectivity index (χ3v) is 4.90. The first kappa shape index (κ1) is 12.8. The van der Waals surface area contributed by atoms with Crippen LogP contribution in [0.3, 0.4) is 0 Å². The van der Waals surface area contributed by atoms with Gasteiger partial charge < -0.3 is 10.0 Å². The van der Waals surface area contributed by atoms with E-state index in [9.17, 15) is 9.90 Å². The lowest BCUT2D eigenvalue weighted by atomic mass is 9.81. The smallest absolute Gasteiger partial charge is 0.324 e. The number of carboxylic acid groups (broad SMARTS) is 1. The number of aliphatic carboxylic acids is 1. The highest BCUT2D eigenvalue weighted by Crippen LogP contribution is 2.42. The molecule has 2 rings (SSSR count). The number of hydrogen-bond donors (Lipinski definition) is 1. The van der Waals surface area contributed by atoms with E-state index in [2.05, 4.69) is 30.7 Å². The van der Waals surface area contributed by atoms with Crippen molar-refractivity contribution in [2.75, 3.05) is 20.1 Å². The molecule has 1 N–H and O–H groups in total. The summed E-state index contributed by atoms with van der Waals surface area (Å²) in [4.78, 5) is 16.3. The molecule has 4 heteroatoms. The van der Waals surface area contributed by atoms with Crippen molar-refractivity contribution in [2.45, 2.75) is 57.2 Å². The number of nitrogens with zero attached hydrogens (tertiary/aromatic N) is 2. The summed E-state index contributed by atoms with van der Waals surface area (Å²) in [5.41, 5.74) is -0.609. The lowest BCUT2D eigenvalue weighted by Crippen LogP contribution is -2.62. The van der Waals surface area contributed by atoms with Crippen LogP contribution >= 0.6 is 0 Å². The van der Waals surface area contributed by atoms with Crippen molar-refractivity contribution in [1.82, 2.24) is 9.80 Å².